The average Bonchev–Trinajstić information content (AvgIpc) is 2.91. The first-order valence-electron chi connectivity index (χ1n) is 6.72. The molecule has 6 heteroatoms. The molecule has 1 aromatic carbocycles. The third kappa shape index (κ3) is 3.34. The maximum absolute atomic E-state index is 4.58. The number of para-hydroxylation sites is 2. The fourth-order valence-electron chi connectivity index (χ4n) is 2.57. The van der Waals surface area contributed by atoms with E-state index in [1.165, 1.54) is 0 Å². The third-order valence-electron chi connectivity index (χ3n) is 3.36. The number of nitrogens with zero attached hydrogens (tertiary/aromatic N) is 4. The minimum absolute atomic E-state index is 0. The van der Waals surface area contributed by atoms with Crippen LogP contribution in [0.25, 0.3) is 11.4 Å². The number of hydrogen-bond donors (Lipinski definition) is 0. The van der Waals surface area contributed by atoms with Crippen molar-refractivity contribution in [1.82, 2.24) is 19.6 Å². The van der Waals surface area contributed by atoms with Crippen LogP contribution in [-0.2, 0) is 21.1 Å². The normalized spacial score (nSPS) is 10.0. The minimum atomic E-state index is 0. The molecule has 0 fully saturated rings. The van der Waals surface area contributed by atoms with Crippen molar-refractivity contribution in [2.24, 2.45) is 0 Å². The fraction of sp³-hybridized carbons (Fsp3) is 0.250. The Morgan fingerprint density at radius 3 is 1.36 bits per heavy atom. The van der Waals surface area contributed by atoms with Crippen molar-refractivity contribution < 1.29 is 21.1 Å². The van der Waals surface area contributed by atoms with Gasteiger partial charge in [-0.25, -0.2) is 9.36 Å². The summed E-state index contributed by atoms with van der Waals surface area (Å²) in [4.78, 5) is 0. The maximum Gasteiger partial charge on any atom is 0.0905 e. The zero-order valence-electron chi connectivity index (χ0n) is 13.0. The van der Waals surface area contributed by atoms with Gasteiger partial charge in [0.1, 0.15) is 0 Å². The van der Waals surface area contributed by atoms with E-state index >= 15 is 0 Å². The quantitative estimate of drug-likeness (QED) is 0.541. The van der Waals surface area contributed by atoms with Crippen molar-refractivity contribution in [3.8, 4) is 11.4 Å². The van der Waals surface area contributed by atoms with Crippen LogP contribution in [0.4, 0.5) is 0 Å². The molecule has 0 unspecified atom stereocenters. The monoisotopic (exact) mass is 497 g/mol. The first-order valence-corrected chi connectivity index (χ1v) is 6.72. The second-order valence-corrected chi connectivity index (χ2v) is 5.17. The molecule has 0 aliphatic carbocycles. The van der Waals surface area contributed by atoms with Gasteiger partial charge in [0.25, 0.3) is 0 Å². The Morgan fingerprint density at radius 1 is 0.727 bits per heavy atom. The van der Waals surface area contributed by atoms with Crippen LogP contribution in [0.15, 0.2) is 36.4 Å². The molecule has 0 spiro atoms. The van der Waals surface area contributed by atoms with E-state index in [-0.39, 0.29) is 33.5 Å². The zero-order valence-corrected chi connectivity index (χ0v) is 16.1. The third-order valence-corrected chi connectivity index (χ3v) is 3.36. The molecule has 3 aromatic rings. The molecule has 0 radical (unpaired) electrons. The summed E-state index contributed by atoms with van der Waals surface area (Å²) in [7, 11) is 0. The van der Waals surface area contributed by atoms with E-state index < -0.39 is 0 Å². The Balaban J connectivity index is 0.00000121. The van der Waals surface area contributed by atoms with Gasteiger partial charge in [0.05, 0.1) is 22.8 Å². The Bertz CT molecular complexity index is 711. The second-order valence-electron chi connectivity index (χ2n) is 5.17. The van der Waals surface area contributed by atoms with Crippen molar-refractivity contribution in [1.29, 1.82) is 0 Å². The molecule has 0 N–H and O–H groups in total. The van der Waals surface area contributed by atoms with E-state index in [0.717, 1.165) is 34.2 Å². The summed E-state index contributed by atoms with van der Waals surface area (Å²) in [5.41, 5.74) is 6.37. The molecule has 0 bridgehead atoms. The molecule has 0 saturated carbocycles. The molecular formula is C16H19ClN4Pt. The molecule has 4 nitrogen and oxygen atoms in total. The van der Waals surface area contributed by atoms with Crippen LogP contribution in [0.5, 0.6) is 0 Å². The van der Waals surface area contributed by atoms with Crippen molar-refractivity contribution in [3.63, 3.8) is 0 Å². The summed E-state index contributed by atoms with van der Waals surface area (Å²) in [6.45, 7) is 8.15. The standard InChI is InChI=1S/C16H18N4.ClH.Pt/c1-11-9-13(3)19(17-11)15-7-5-6-8-16(15)20-14(4)10-12(2)18-20;;/h5-10H,1-4H3;1H;. The van der Waals surface area contributed by atoms with Gasteiger partial charge in [-0.05, 0) is 52.0 Å². The van der Waals surface area contributed by atoms with E-state index in [4.69, 9.17) is 0 Å². The van der Waals surface area contributed by atoms with Gasteiger partial charge in [-0.1, -0.05) is 12.1 Å². The molecule has 0 aliphatic heterocycles. The molecule has 3 rings (SSSR count). The van der Waals surface area contributed by atoms with Crippen LogP contribution >= 0.6 is 12.4 Å². The molecule has 120 valence electrons. The Morgan fingerprint density at radius 2 is 1.09 bits per heavy atom. The van der Waals surface area contributed by atoms with Gasteiger partial charge in [0, 0.05) is 32.5 Å². The number of aromatic nitrogens is 4. The molecule has 22 heavy (non-hydrogen) atoms. The van der Waals surface area contributed by atoms with E-state index in [9.17, 15) is 0 Å². The average molecular weight is 498 g/mol. The van der Waals surface area contributed by atoms with Crippen molar-refractivity contribution in [2.75, 3.05) is 0 Å². The van der Waals surface area contributed by atoms with E-state index in [0.29, 0.717) is 0 Å². The van der Waals surface area contributed by atoms with Crippen molar-refractivity contribution in [2.45, 2.75) is 27.7 Å². The van der Waals surface area contributed by atoms with Gasteiger partial charge in [-0.3, -0.25) is 0 Å². The van der Waals surface area contributed by atoms with Gasteiger partial charge in [0.2, 0.25) is 0 Å². The van der Waals surface area contributed by atoms with Gasteiger partial charge in [-0.15, -0.1) is 12.4 Å². The molecule has 0 atom stereocenters. The number of benzene rings is 1. The van der Waals surface area contributed by atoms with Crippen molar-refractivity contribution in [3.05, 3.63) is 59.2 Å². The molecule has 0 saturated heterocycles. The predicted octanol–water partition coefficient (Wildman–Crippen LogP) is 3.71. The predicted molar refractivity (Wildman–Crippen MR) is 86.9 cm³/mol. The van der Waals surface area contributed by atoms with Crippen LogP contribution < -0.4 is 0 Å². The van der Waals surface area contributed by atoms with Crippen LogP contribution in [0.1, 0.15) is 22.8 Å². The van der Waals surface area contributed by atoms with Gasteiger partial charge in [-0.2, -0.15) is 10.2 Å². The second kappa shape index (κ2) is 7.25. The van der Waals surface area contributed by atoms with E-state index in [2.05, 4.69) is 48.3 Å². The summed E-state index contributed by atoms with van der Waals surface area (Å²) in [6, 6.07) is 12.4. The van der Waals surface area contributed by atoms with Crippen LogP contribution in [0, 0.1) is 27.7 Å². The Kier molecular flexibility index (Phi) is 6.15. The number of halogens is 1. The minimum Gasteiger partial charge on any atom is -0.236 e. The summed E-state index contributed by atoms with van der Waals surface area (Å²) in [6.07, 6.45) is 0. The van der Waals surface area contributed by atoms with Gasteiger partial charge in [0.15, 0.2) is 0 Å². The SMILES string of the molecule is Cc1cc(C)n(-c2ccccc2-n2nc(C)cc2C)n1.Cl.[Pt]. The first kappa shape index (κ1) is 18.7. The summed E-state index contributed by atoms with van der Waals surface area (Å²) >= 11 is 0. The summed E-state index contributed by atoms with van der Waals surface area (Å²) in [5.74, 6) is 0. The maximum atomic E-state index is 4.58. The van der Waals surface area contributed by atoms with E-state index in [1.807, 2.05) is 35.3 Å². The smallest absolute Gasteiger partial charge is 0.0905 e. The zero-order chi connectivity index (χ0) is 14.3. The number of hydrogen-bond acceptors (Lipinski definition) is 2. The molecular weight excluding hydrogens is 479 g/mol. The number of aryl methyl sites for hydroxylation is 4. The fourth-order valence-corrected chi connectivity index (χ4v) is 2.57. The Hall–Kier alpha value is -1.38. The van der Waals surface area contributed by atoms with Crippen LogP contribution in [0.2, 0.25) is 0 Å². The Labute approximate surface area is 151 Å². The largest absolute Gasteiger partial charge is 0.236 e. The van der Waals surface area contributed by atoms with Gasteiger partial charge < -0.3 is 0 Å². The molecule has 0 amide bonds. The van der Waals surface area contributed by atoms with Crippen molar-refractivity contribution >= 4 is 12.4 Å². The molecule has 2 heterocycles. The first-order chi connectivity index (χ1) is 9.56. The van der Waals surface area contributed by atoms with Gasteiger partial charge >= 0.3 is 0 Å². The van der Waals surface area contributed by atoms with E-state index in [1.54, 1.807) is 0 Å². The van der Waals surface area contributed by atoms with Crippen LogP contribution in [0.3, 0.4) is 0 Å². The molecule has 0 aliphatic rings. The molecule has 2 aromatic heterocycles. The topological polar surface area (TPSA) is 35.6 Å². The summed E-state index contributed by atoms with van der Waals surface area (Å²) < 4.78 is 3.95. The summed E-state index contributed by atoms with van der Waals surface area (Å²) in [5, 5.41) is 9.16. The van der Waals surface area contributed by atoms with Crippen LogP contribution in [-0.4, -0.2) is 19.6 Å². The number of rotatable bonds is 2.